The first-order chi connectivity index (χ1) is 8.99. The highest BCUT2D eigenvalue weighted by atomic mass is 32.1. The lowest BCUT2D eigenvalue weighted by molar-refractivity contribution is 0.498. The summed E-state index contributed by atoms with van der Waals surface area (Å²) in [6.07, 6.45) is 3.88. The smallest absolute Gasteiger partial charge is 0.226 e. The van der Waals surface area contributed by atoms with Crippen molar-refractivity contribution in [2.45, 2.75) is 46.6 Å². The molecule has 1 rings (SSSR count). The molecule has 0 saturated heterocycles. The van der Waals surface area contributed by atoms with Gasteiger partial charge in [0.05, 0.1) is 0 Å². The molecule has 0 bridgehead atoms. The van der Waals surface area contributed by atoms with Gasteiger partial charge in [-0.25, -0.2) is 9.97 Å². The molecule has 5 heteroatoms. The molecule has 0 atom stereocenters. The Kier molecular flexibility index (Phi) is 6.15. The Labute approximate surface area is 121 Å². The van der Waals surface area contributed by atoms with E-state index in [2.05, 4.69) is 42.6 Å². The molecule has 1 heterocycles. The number of thiocarbonyl (C=S) groups is 1. The molecular formula is C14H24N4S. The van der Waals surface area contributed by atoms with E-state index in [1.165, 1.54) is 0 Å². The van der Waals surface area contributed by atoms with E-state index in [9.17, 15) is 0 Å². The van der Waals surface area contributed by atoms with Crippen LogP contribution in [0.2, 0.25) is 0 Å². The van der Waals surface area contributed by atoms with Crippen molar-refractivity contribution in [3.05, 3.63) is 18.0 Å². The minimum absolute atomic E-state index is 0.317. The molecule has 0 radical (unpaired) electrons. The standard InChI is InChI=1S/C14H24N4S/c1-5-11(6-2)18(9-10(3)4)14-16-8-7-12(17-14)13(15)19/h7-8,10-11H,5-6,9H2,1-4H3,(H2,15,19). The van der Waals surface area contributed by atoms with E-state index < -0.39 is 0 Å². The second kappa shape index (κ2) is 7.38. The van der Waals surface area contributed by atoms with Gasteiger partial charge in [0.25, 0.3) is 0 Å². The summed E-state index contributed by atoms with van der Waals surface area (Å²) in [5, 5.41) is 0. The van der Waals surface area contributed by atoms with E-state index in [1.54, 1.807) is 12.3 Å². The van der Waals surface area contributed by atoms with Crippen LogP contribution in [-0.2, 0) is 0 Å². The Morgan fingerprint density at radius 3 is 2.47 bits per heavy atom. The van der Waals surface area contributed by atoms with Gasteiger partial charge in [-0.15, -0.1) is 0 Å². The SMILES string of the molecule is CCC(CC)N(CC(C)C)c1nccc(C(N)=S)n1. The number of nitrogens with zero attached hydrogens (tertiary/aromatic N) is 3. The summed E-state index contributed by atoms with van der Waals surface area (Å²) in [7, 11) is 0. The maximum Gasteiger partial charge on any atom is 0.226 e. The van der Waals surface area contributed by atoms with Crippen molar-refractivity contribution in [3.8, 4) is 0 Å². The van der Waals surface area contributed by atoms with E-state index in [-0.39, 0.29) is 0 Å². The zero-order valence-corrected chi connectivity index (χ0v) is 13.1. The van der Waals surface area contributed by atoms with Crippen molar-refractivity contribution in [2.75, 3.05) is 11.4 Å². The molecule has 0 aliphatic heterocycles. The number of hydrogen-bond acceptors (Lipinski definition) is 4. The molecule has 0 saturated carbocycles. The normalized spacial score (nSPS) is 11.1. The second-order valence-corrected chi connectivity index (χ2v) is 5.56. The quantitative estimate of drug-likeness (QED) is 0.778. The molecule has 1 aromatic heterocycles. The summed E-state index contributed by atoms with van der Waals surface area (Å²) in [4.78, 5) is 11.5. The van der Waals surface area contributed by atoms with Crippen LogP contribution < -0.4 is 10.6 Å². The highest BCUT2D eigenvalue weighted by Crippen LogP contribution is 2.18. The van der Waals surface area contributed by atoms with Gasteiger partial charge in [0.2, 0.25) is 5.95 Å². The Bertz CT molecular complexity index is 416. The summed E-state index contributed by atoms with van der Waals surface area (Å²) >= 11 is 4.99. The average Bonchev–Trinajstić information content (AvgIpc) is 2.38. The van der Waals surface area contributed by atoms with Crippen LogP contribution in [0.25, 0.3) is 0 Å². The monoisotopic (exact) mass is 280 g/mol. The third kappa shape index (κ3) is 4.42. The summed E-state index contributed by atoms with van der Waals surface area (Å²) in [6, 6.07) is 2.20. The molecule has 2 N–H and O–H groups in total. The maximum atomic E-state index is 5.65. The molecule has 4 nitrogen and oxygen atoms in total. The molecular weight excluding hydrogens is 256 g/mol. The fraction of sp³-hybridized carbons (Fsp3) is 0.643. The van der Waals surface area contributed by atoms with E-state index in [0.29, 0.717) is 22.6 Å². The van der Waals surface area contributed by atoms with Gasteiger partial charge >= 0.3 is 0 Å². The summed E-state index contributed by atoms with van der Waals surface area (Å²) in [5.74, 6) is 1.28. The molecule has 1 aromatic rings. The van der Waals surface area contributed by atoms with Crippen LogP contribution in [0.3, 0.4) is 0 Å². The van der Waals surface area contributed by atoms with Crippen LogP contribution in [0.15, 0.2) is 12.3 Å². The topological polar surface area (TPSA) is 55.0 Å². The lowest BCUT2D eigenvalue weighted by Crippen LogP contribution is -2.38. The first-order valence-electron chi connectivity index (χ1n) is 6.89. The zero-order chi connectivity index (χ0) is 14.4. The zero-order valence-electron chi connectivity index (χ0n) is 12.3. The first-order valence-corrected chi connectivity index (χ1v) is 7.29. The molecule has 0 amide bonds. The van der Waals surface area contributed by atoms with Crippen molar-refractivity contribution in [2.24, 2.45) is 11.7 Å². The van der Waals surface area contributed by atoms with Gasteiger partial charge in [-0.1, -0.05) is 39.9 Å². The third-order valence-electron chi connectivity index (χ3n) is 3.10. The van der Waals surface area contributed by atoms with Crippen LogP contribution in [0.1, 0.15) is 46.2 Å². The highest BCUT2D eigenvalue weighted by molar-refractivity contribution is 7.80. The van der Waals surface area contributed by atoms with Crippen LogP contribution in [0, 0.1) is 5.92 Å². The largest absolute Gasteiger partial charge is 0.388 e. The van der Waals surface area contributed by atoms with Crippen LogP contribution in [0.5, 0.6) is 0 Å². The maximum absolute atomic E-state index is 5.65. The highest BCUT2D eigenvalue weighted by Gasteiger charge is 2.19. The van der Waals surface area contributed by atoms with Crippen LogP contribution in [0.4, 0.5) is 5.95 Å². The molecule has 0 aliphatic carbocycles. The molecule has 0 aliphatic rings. The average molecular weight is 280 g/mol. The Hall–Kier alpha value is -1.23. The van der Waals surface area contributed by atoms with Crippen molar-refractivity contribution in [3.63, 3.8) is 0 Å². The second-order valence-electron chi connectivity index (χ2n) is 5.12. The lowest BCUT2D eigenvalue weighted by Gasteiger charge is -2.32. The Balaban J connectivity index is 3.08. The van der Waals surface area contributed by atoms with E-state index in [1.807, 2.05) is 0 Å². The van der Waals surface area contributed by atoms with Gasteiger partial charge in [0.1, 0.15) is 10.7 Å². The molecule has 0 unspecified atom stereocenters. The molecule has 0 fully saturated rings. The van der Waals surface area contributed by atoms with Gasteiger partial charge in [-0.05, 0) is 24.8 Å². The van der Waals surface area contributed by atoms with Crippen molar-refractivity contribution in [1.82, 2.24) is 9.97 Å². The van der Waals surface area contributed by atoms with Gasteiger partial charge < -0.3 is 10.6 Å². The summed E-state index contributed by atoms with van der Waals surface area (Å²) in [6.45, 7) is 9.73. The van der Waals surface area contributed by atoms with E-state index >= 15 is 0 Å². The summed E-state index contributed by atoms with van der Waals surface area (Å²) in [5.41, 5.74) is 6.29. The number of rotatable bonds is 7. The summed E-state index contributed by atoms with van der Waals surface area (Å²) < 4.78 is 0. The van der Waals surface area contributed by atoms with Gasteiger partial charge in [-0.3, -0.25) is 0 Å². The fourth-order valence-corrected chi connectivity index (χ4v) is 2.25. The number of aromatic nitrogens is 2. The van der Waals surface area contributed by atoms with Crippen LogP contribution >= 0.6 is 12.2 Å². The molecule has 106 valence electrons. The van der Waals surface area contributed by atoms with Gasteiger partial charge in [0, 0.05) is 18.8 Å². The van der Waals surface area contributed by atoms with Gasteiger partial charge in [0.15, 0.2) is 0 Å². The number of nitrogens with two attached hydrogens (primary N) is 1. The lowest BCUT2D eigenvalue weighted by atomic mass is 10.1. The number of hydrogen-bond donors (Lipinski definition) is 1. The van der Waals surface area contributed by atoms with Crippen molar-refractivity contribution in [1.29, 1.82) is 0 Å². The Morgan fingerprint density at radius 1 is 1.37 bits per heavy atom. The van der Waals surface area contributed by atoms with Crippen molar-refractivity contribution < 1.29 is 0 Å². The molecule has 0 spiro atoms. The minimum atomic E-state index is 0.317. The van der Waals surface area contributed by atoms with E-state index in [4.69, 9.17) is 18.0 Å². The van der Waals surface area contributed by atoms with E-state index in [0.717, 1.165) is 25.3 Å². The third-order valence-corrected chi connectivity index (χ3v) is 3.31. The predicted octanol–water partition coefficient (Wildman–Crippen LogP) is 2.76. The predicted molar refractivity (Wildman–Crippen MR) is 84.5 cm³/mol. The van der Waals surface area contributed by atoms with Gasteiger partial charge in [-0.2, -0.15) is 0 Å². The molecule has 0 aromatic carbocycles. The van der Waals surface area contributed by atoms with Crippen molar-refractivity contribution >= 4 is 23.2 Å². The number of anilines is 1. The van der Waals surface area contributed by atoms with Crippen LogP contribution in [-0.4, -0.2) is 27.5 Å². The Morgan fingerprint density at radius 2 is 2.00 bits per heavy atom. The minimum Gasteiger partial charge on any atom is -0.388 e. The fourth-order valence-electron chi connectivity index (χ4n) is 2.14. The first kappa shape index (κ1) is 15.8. The molecule has 19 heavy (non-hydrogen) atoms.